The first-order chi connectivity index (χ1) is 9.52. The second-order valence-corrected chi connectivity index (χ2v) is 5.79. The maximum absolute atomic E-state index is 14.1. The zero-order chi connectivity index (χ0) is 14.8. The number of benzene rings is 1. The average molecular weight is 282 g/mol. The van der Waals surface area contributed by atoms with Crippen molar-refractivity contribution in [2.24, 2.45) is 0 Å². The van der Waals surface area contributed by atoms with Crippen LogP contribution in [0.3, 0.4) is 0 Å². The first-order valence-corrected chi connectivity index (χ1v) is 7.40. The highest BCUT2D eigenvalue weighted by molar-refractivity contribution is 5.26. The van der Waals surface area contributed by atoms with Gasteiger partial charge >= 0.3 is 0 Å². The van der Waals surface area contributed by atoms with E-state index in [0.29, 0.717) is 5.56 Å². The molecule has 1 N–H and O–H groups in total. The lowest BCUT2D eigenvalue weighted by Crippen LogP contribution is -2.52. The van der Waals surface area contributed by atoms with Crippen LogP contribution in [0.1, 0.15) is 44.7 Å². The van der Waals surface area contributed by atoms with E-state index in [4.69, 9.17) is 0 Å². The molecule has 0 spiro atoms. The van der Waals surface area contributed by atoms with E-state index in [-0.39, 0.29) is 11.6 Å². The maximum Gasteiger partial charge on any atom is 0.130 e. The number of nitrogens with zero attached hydrogens (tertiary/aromatic N) is 1. The Morgan fingerprint density at radius 1 is 1.30 bits per heavy atom. The molecule has 1 saturated heterocycles. The van der Waals surface area contributed by atoms with Gasteiger partial charge in [-0.25, -0.2) is 8.78 Å². The van der Waals surface area contributed by atoms with Crippen LogP contribution in [0.25, 0.3) is 0 Å². The van der Waals surface area contributed by atoms with Crippen molar-refractivity contribution in [3.8, 4) is 0 Å². The Morgan fingerprint density at radius 3 is 2.45 bits per heavy atom. The largest absolute Gasteiger partial charge is 0.311 e. The molecule has 2 unspecified atom stereocenters. The molecule has 0 saturated carbocycles. The van der Waals surface area contributed by atoms with E-state index in [1.54, 1.807) is 6.07 Å². The lowest BCUT2D eigenvalue weighted by atomic mass is 9.83. The minimum atomic E-state index is -0.527. The fourth-order valence-corrected chi connectivity index (χ4v) is 3.38. The van der Waals surface area contributed by atoms with Crippen LogP contribution in [0.4, 0.5) is 8.78 Å². The molecule has 2 atom stereocenters. The molecule has 1 aliphatic rings. The quantitative estimate of drug-likeness (QED) is 0.889. The molecule has 0 radical (unpaired) electrons. The van der Waals surface area contributed by atoms with Gasteiger partial charge in [-0.1, -0.05) is 13.0 Å². The number of hydrogen-bond acceptors (Lipinski definition) is 2. The van der Waals surface area contributed by atoms with E-state index < -0.39 is 11.6 Å². The van der Waals surface area contributed by atoms with Gasteiger partial charge in [0.05, 0.1) is 6.04 Å². The third-order valence-corrected chi connectivity index (χ3v) is 4.73. The number of likely N-dealkylation sites (N-methyl/N-ethyl adjacent to an activating group) is 1. The molecule has 112 valence electrons. The summed E-state index contributed by atoms with van der Waals surface area (Å²) in [6, 6.07) is 3.73. The summed E-state index contributed by atoms with van der Waals surface area (Å²) in [5.74, 6) is -0.997. The van der Waals surface area contributed by atoms with Crippen LogP contribution < -0.4 is 5.32 Å². The molecule has 1 aliphatic heterocycles. The Balaban J connectivity index is 2.38. The van der Waals surface area contributed by atoms with Crippen molar-refractivity contribution < 1.29 is 8.78 Å². The second kappa shape index (κ2) is 6.19. The molecule has 1 aromatic carbocycles. The Hall–Kier alpha value is -1.00. The smallest absolute Gasteiger partial charge is 0.130 e. The SMILES string of the molecule is CCC(C)(C(NC)c1ccc(F)cc1F)N1CCCC1. The molecule has 0 amide bonds. The van der Waals surface area contributed by atoms with Crippen molar-refractivity contribution in [2.45, 2.75) is 44.7 Å². The minimum Gasteiger partial charge on any atom is -0.311 e. The summed E-state index contributed by atoms with van der Waals surface area (Å²) in [5.41, 5.74) is 0.384. The van der Waals surface area contributed by atoms with Gasteiger partial charge in [0.25, 0.3) is 0 Å². The molecule has 0 aromatic heterocycles. The van der Waals surface area contributed by atoms with Gasteiger partial charge in [-0.15, -0.1) is 0 Å². The van der Waals surface area contributed by atoms with Crippen molar-refractivity contribution in [3.05, 3.63) is 35.4 Å². The predicted octanol–water partition coefficient (Wildman–Crippen LogP) is 3.49. The molecule has 2 nitrogen and oxygen atoms in total. The van der Waals surface area contributed by atoms with Crippen LogP contribution >= 0.6 is 0 Å². The standard InChI is InChI=1S/C16H24F2N2/c1-4-16(2,20-9-5-6-10-20)15(19-3)13-8-7-12(17)11-14(13)18/h7-8,11,15,19H,4-6,9-10H2,1-3H3. The molecule has 1 heterocycles. The zero-order valence-electron chi connectivity index (χ0n) is 12.5. The van der Waals surface area contributed by atoms with E-state index in [0.717, 1.165) is 25.6 Å². The Labute approximate surface area is 120 Å². The number of halogens is 2. The van der Waals surface area contributed by atoms with Gasteiger partial charge in [-0.05, 0) is 52.4 Å². The van der Waals surface area contributed by atoms with Gasteiger partial charge < -0.3 is 5.32 Å². The first kappa shape index (κ1) is 15.4. The monoisotopic (exact) mass is 282 g/mol. The lowest BCUT2D eigenvalue weighted by Gasteiger charge is -2.44. The fourth-order valence-electron chi connectivity index (χ4n) is 3.38. The van der Waals surface area contributed by atoms with Gasteiger partial charge in [0.1, 0.15) is 11.6 Å². The van der Waals surface area contributed by atoms with Crippen LogP contribution in [-0.2, 0) is 0 Å². The van der Waals surface area contributed by atoms with Gasteiger partial charge in [0.2, 0.25) is 0 Å². The molecule has 2 rings (SSSR count). The number of likely N-dealkylation sites (tertiary alicyclic amines) is 1. The molecular formula is C16H24F2N2. The minimum absolute atomic E-state index is 0.147. The van der Waals surface area contributed by atoms with Crippen molar-refractivity contribution in [1.29, 1.82) is 0 Å². The molecule has 0 bridgehead atoms. The topological polar surface area (TPSA) is 15.3 Å². The summed E-state index contributed by atoms with van der Waals surface area (Å²) < 4.78 is 27.3. The highest BCUT2D eigenvalue weighted by Gasteiger charge is 2.40. The normalized spacial score (nSPS) is 20.9. The van der Waals surface area contributed by atoms with Crippen molar-refractivity contribution in [3.63, 3.8) is 0 Å². The maximum atomic E-state index is 14.1. The first-order valence-electron chi connectivity index (χ1n) is 7.40. The highest BCUT2D eigenvalue weighted by atomic mass is 19.1. The van der Waals surface area contributed by atoms with Crippen molar-refractivity contribution in [1.82, 2.24) is 10.2 Å². The lowest BCUT2D eigenvalue weighted by molar-refractivity contribution is 0.0857. The Morgan fingerprint density at radius 2 is 1.95 bits per heavy atom. The molecule has 0 aliphatic carbocycles. The van der Waals surface area contributed by atoms with Crippen molar-refractivity contribution >= 4 is 0 Å². The number of hydrogen-bond donors (Lipinski definition) is 1. The highest BCUT2D eigenvalue weighted by Crippen LogP contribution is 2.37. The van der Waals surface area contributed by atoms with Gasteiger partial charge in [0, 0.05) is 17.2 Å². The zero-order valence-corrected chi connectivity index (χ0v) is 12.5. The molecule has 1 fully saturated rings. The third-order valence-electron chi connectivity index (χ3n) is 4.73. The van der Waals surface area contributed by atoms with E-state index in [2.05, 4.69) is 24.1 Å². The Bertz CT molecular complexity index is 458. The number of rotatable bonds is 5. The van der Waals surface area contributed by atoms with Gasteiger partial charge in [0.15, 0.2) is 0 Å². The average Bonchev–Trinajstić information content (AvgIpc) is 2.96. The third kappa shape index (κ3) is 2.72. The van der Waals surface area contributed by atoms with Crippen molar-refractivity contribution in [2.75, 3.05) is 20.1 Å². The van der Waals surface area contributed by atoms with E-state index >= 15 is 0 Å². The number of nitrogens with one attached hydrogen (secondary N) is 1. The summed E-state index contributed by atoms with van der Waals surface area (Å²) in [6.45, 7) is 6.39. The summed E-state index contributed by atoms with van der Waals surface area (Å²) in [6.07, 6.45) is 3.30. The van der Waals surface area contributed by atoms with E-state index in [1.165, 1.54) is 18.9 Å². The Kier molecular flexibility index (Phi) is 4.76. The molecule has 4 heteroatoms. The van der Waals surface area contributed by atoms with Crippen LogP contribution in [-0.4, -0.2) is 30.6 Å². The van der Waals surface area contributed by atoms with Crippen LogP contribution in [0.2, 0.25) is 0 Å². The molecule has 20 heavy (non-hydrogen) atoms. The van der Waals surface area contributed by atoms with Gasteiger partial charge in [-0.2, -0.15) is 0 Å². The van der Waals surface area contributed by atoms with E-state index in [1.807, 2.05) is 7.05 Å². The predicted molar refractivity (Wildman–Crippen MR) is 77.7 cm³/mol. The summed E-state index contributed by atoms with van der Waals surface area (Å²) >= 11 is 0. The molecule has 1 aromatic rings. The second-order valence-electron chi connectivity index (χ2n) is 5.79. The summed E-state index contributed by atoms with van der Waals surface area (Å²) in [4.78, 5) is 2.43. The molecular weight excluding hydrogens is 258 g/mol. The van der Waals surface area contributed by atoms with E-state index in [9.17, 15) is 8.78 Å². The van der Waals surface area contributed by atoms with Crippen LogP contribution in [0.5, 0.6) is 0 Å². The summed E-state index contributed by atoms with van der Waals surface area (Å²) in [5, 5.41) is 3.24. The van der Waals surface area contributed by atoms with Gasteiger partial charge in [-0.3, -0.25) is 4.90 Å². The van der Waals surface area contributed by atoms with Crippen LogP contribution in [0, 0.1) is 11.6 Å². The summed E-state index contributed by atoms with van der Waals surface area (Å²) in [7, 11) is 1.84. The fraction of sp³-hybridized carbons (Fsp3) is 0.625. The van der Waals surface area contributed by atoms with Crippen LogP contribution in [0.15, 0.2) is 18.2 Å².